The number of nitrogens with zero attached hydrogens (tertiary/aromatic N) is 1. The molecule has 0 saturated carbocycles. The molecule has 82 valence electrons. The standard InChI is InChI=1S/C11H14ClNOS/c1-3-15-10-6-4-9(5-7-10)8-13(2)11(12)14/h4-7H,3,8H2,1-2H3. The number of carbonyl (C=O) groups is 1. The Balaban J connectivity index is 2.60. The summed E-state index contributed by atoms with van der Waals surface area (Å²) in [6.45, 7) is 2.68. The van der Waals surface area contributed by atoms with E-state index in [1.165, 1.54) is 9.80 Å². The number of thioether (sulfide) groups is 1. The highest BCUT2D eigenvalue weighted by Crippen LogP contribution is 2.18. The average Bonchev–Trinajstić information content (AvgIpc) is 2.21. The summed E-state index contributed by atoms with van der Waals surface area (Å²) in [4.78, 5) is 13.5. The van der Waals surface area contributed by atoms with Crippen molar-refractivity contribution in [1.82, 2.24) is 4.90 Å². The van der Waals surface area contributed by atoms with Crippen molar-refractivity contribution in [2.24, 2.45) is 0 Å². The van der Waals surface area contributed by atoms with E-state index in [2.05, 4.69) is 19.1 Å². The van der Waals surface area contributed by atoms with Crippen LogP contribution in [-0.2, 0) is 6.54 Å². The monoisotopic (exact) mass is 243 g/mol. The van der Waals surface area contributed by atoms with Crippen LogP contribution in [0.3, 0.4) is 0 Å². The van der Waals surface area contributed by atoms with Crippen LogP contribution in [0.4, 0.5) is 4.79 Å². The van der Waals surface area contributed by atoms with Crippen molar-refractivity contribution >= 4 is 28.7 Å². The summed E-state index contributed by atoms with van der Waals surface area (Å²) >= 11 is 7.14. The first kappa shape index (κ1) is 12.4. The predicted molar refractivity (Wildman–Crippen MR) is 65.6 cm³/mol. The maximum atomic E-state index is 10.8. The molecule has 1 aromatic carbocycles. The molecule has 0 aliphatic heterocycles. The van der Waals surface area contributed by atoms with Crippen LogP contribution in [-0.4, -0.2) is 23.1 Å². The molecule has 4 heteroatoms. The Morgan fingerprint density at radius 2 is 2.00 bits per heavy atom. The molecule has 2 nitrogen and oxygen atoms in total. The Kier molecular flexibility index (Phi) is 4.99. The van der Waals surface area contributed by atoms with Crippen molar-refractivity contribution in [3.05, 3.63) is 29.8 Å². The topological polar surface area (TPSA) is 20.3 Å². The highest BCUT2D eigenvalue weighted by atomic mass is 35.5. The third kappa shape index (κ3) is 4.14. The van der Waals surface area contributed by atoms with Gasteiger partial charge in [-0.15, -0.1) is 11.8 Å². The molecule has 0 unspecified atom stereocenters. The minimum absolute atomic E-state index is 0.429. The third-order valence-electron chi connectivity index (χ3n) is 1.95. The summed E-state index contributed by atoms with van der Waals surface area (Å²) in [5.74, 6) is 1.07. The van der Waals surface area contributed by atoms with Crippen molar-refractivity contribution < 1.29 is 4.79 Å². The fourth-order valence-electron chi connectivity index (χ4n) is 1.19. The van der Waals surface area contributed by atoms with Gasteiger partial charge in [-0.25, -0.2) is 0 Å². The molecule has 0 atom stereocenters. The van der Waals surface area contributed by atoms with Gasteiger partial charge in [-0.3, -0.25) is 4.79 Å². The van der Waals surface area contributed by atoms with Crippen LogP contribution in [0.15, 0.2) is 29.2 Å². The summed E-state index contributed by atoms with van der Waals surface area (Å²) in [6, 6.07) is 8.18. The maximum absolute atomic E-state index is 10.8. The zero-order valence-corrected chi connectivity index (χ0v) is 10.4. The molecular weight excluding hydrogens is 230 g/mol. The van der Waals surface area contributed by atoms with Gasteiger partial charge in [0.25, 0.3) is 0 Å². The number of carbonyl (C=O) groups excluding carboxylic acids is 1. The van der Waals surface area contributed by atoms with Crippen molar-refractivity contribution in [3.63, 3.8) is 0 Å². The van der Waals surface area contributed by atoms with Gasteiger partial charge in [0.2, 0.25) is 0 Å². The van der Waals surface area contributed by atoms with Crippen LogP contribution in [0.5, 0.6) is 0 Å². The number of benzene rings is 1. The van der Waals surface area contributed by atoms with Gasteiger partial charge in [-0.1, -0.05) is 19.1 Å². The van der Waals surface area contributed by atoms with Gasteiger partial charge in [-0.05, 0) is 35.0 Å². The first-order valence-electron chi connectivity index (χ1n) is 4.75. The molecule has 0 fully saturated rings. The van der Waals surface area contributed by atoms with Gasteiger partial charge >= 0.3 is 5.37 Å². The molecule has 0 aliphatic rings. The molecule has 0 N–H and O–H groups in total. The molecule has 0 saturated heterocycles. The number of hydrogen-bond acceptors (Lipinski definition) is 2. The first-order valence-corrected chi connectivity index (χ1v) is 6.12. The molecule has 0 spiro atoms. The molecule has 0 aromatic heterocycles. The molecular formula is C11H14ClNOS. The maximum Gasteiger partial charge on any atom is 0.316 e. The van der Waals surface area contributed by atoms with E-state index in [-0.39, 0.29) is 0 Å². The van der Waals surface area contributed by atoms with Gasteiger partial charge in [-0.2, -0.15) is 0 Å². The summed E-state index contributed by atoms with van der Waals surface area (Å²) in [5, 5.41) is -0.429. The lowest BCUT2D eigenvalue weighted by atomic mass is 10.2. The van der Waals surface area contributed by atoms with Crippen molar-refractivity contribution in [3.8, 4) is 0 Å². The second-order valence-corrected chi connectivity index (χ2v) is 4.85. The van der Waals surface area contributed by atoms with Crippen LogP contribution in [0.1, 0.15) is 12.5 Å². The molecule has 0 aliphatic carbocycles. The number of hydrogen-bond donors (Lipinski definition) is 0. The van der Waals surface area contributed by atoms with E-state index in [0.29, 0.717) is 6.54 Å². The third-order valence-corrected chi connectivity index (χ3v) is 3.14. The van der Waals surface area contributed by atoms with Crippen LogP contribution in [0.2, 0.25) is 0 Å². The van der Waals surface area contributed by atoms with E-state index in [1.54, 1.807) is 18.8 Å². The quantitative estimate of drug-likeness (QED) is 0.458. The van der Waals surface area contributed by atoms with Gasteiger partial charge in [0.15, 0.2) is 0 Å². The number of halogens is 1. The molecule has 1 rings (SSSR count). The fourth-order valence-corrected chi connectivity index (χ4v) is 1.92. The second-order valence-electron chi connectivity index (χ2n) is 3.19. The Hall–Kier alpha value is -0.670. The number of amides is 1. The van der Waals surface area contributed by atoms with E-state index in [9.17, 15) is 4.79 Å². The Morgan fingerprint density at radius 1 is 1.40 bits per heavy atom. The summed E-state index contributed by atoms with van der Waals surface area (Å²) in [7, 11) is 1.68. The van der Waals surface area contributed by atoms with Crippen molar-refractivity contribution in [1.29, 1.82) is 0 Å². The molecule has 15 heavy (non-hydrogen) atoms. The smallest absolute Gasteiger partial charge is 0.316 e. The van der Waals surface area contributed by atoms with Gasteiger partial charge < -0.3 is 4.90 Å². The van der Waals surface area contributed by atoms with Gasteiger partial charge in [0.1, 0.15) is 0 Å². The lowest BCUT2D eigenvalue weighted by molar-refractivity contribution is 0.230. The van der Waals surface area contributed by atoms with E-state index in [0.717, 1.165) is 11.3 Å². The van der Waals surface area contributed by atoms with E-state index < -0.39 is 5.37 Å². The fraction of sp³-hybridized carbons (Fsp3) is 0.364. The second kappa shape index (κ2) is 6.03. The first-order chi connectivity index (χ1) is 7.13. The normalized spacial score (nSPS) is 10.1. The summed E-state index contributed by atoms with van der Waals surface area (Å²) in [5.41, 5.74) is 1.09. The molecule has 1 amide bonds. The van der Waals surface area contributed by atoms with Crippen molar-refractivity contribution in [2.75, 3.05) is 12.8 Å². The van der Waals surface area contributed by atoms with E-state index >= 15 is 0 Å². The molecule has 0 bridgehead atoms. The Morgan fingerprint density at radius 3 is 2.47 bits per heavy atom. The largest absolute Gasteiger partial charge is 0.328 e. The lowest BCUT2D eigenvalue weighted by Gasteiger charge is -2.13. The lowest BCUT2D eigenvalue weighted by Crippen LogP contribution is -2.19. The minimum atomic E-state index is -0.429. The van der Waals surface area contributed by atoms with E-state index in [1.807, 2.05) is 12.1 Å². The average molecular weight is 244 g/mol. The van der Waals surface area contributed by atoms with Crippen LogP contribution < -0.4 is 0 Å². The van der Waals surface area contributed by atoms with Gasteiger partial charge in [0.05, 0.1) is 0 Å². The zero-order valence-electron chi connectivity index (χ0n) is 8.87. The van der Waals surface area contributed by atoms with Crippen molar-refractivity contribution in [2.45, 2.75) is 18.4 Å². The summed E-state index contributed by atoms with van der Waals surface area (Å²) < 4.78 is 0. The Labute approximate surface area is 99.6 Å². The Bertz CT molecular complexity index is 326. The van der Waals surface area contributed by atoms with Crippen LogP contribution in [0.25, 0.3) is 0 Å². The number of rotatable bonds is 4. The highest BCUT2D eigenvalue weighted by Gasteiger charge is 2.04. The SMILES string of the molecule is CCSc1ccc(CN(C)C(=O)Cl)cc1. The van der Waals surface area contributed by atoms with Crippen LogP contribution >= 0.6 is 23.4 Å². The molecule has 0 radical (unpaired) electrons. The summed E-state index contributed by atoms with van der Waals surface area (Å²) in [6.07, 6.45) is 0. The zero-order chi connectivity index (χ0) is 11.3. The molecule has 1 aromatic rings. The van der Waals surface area contributed by atoms with Crippen LogP contribution in [0, 0.1) is 0 Å². The minimum Gasteiger partial charge on any atom is -0.328 e. The predicted octanol–water partition coefficient (Wildman–Crippen LogP) is 3.59. The van der Waals surface area contributed by atoms with E-state index in [4.69, 9.17) is 11.6 Å². The molecule has 0 heterocycles. The highest BCUT2D eigenvalue weighted by molar-refractivity contribution is 7.99. The van der Waals surface area contributed by atoms with Gasteiger partial charge in [0, 0.05) is 18.5 Å².